The van der Waals surface area contributed by atoms with Gasteiger partial charge in [0.1, 0.15) is 23.7 Å². The summed E-state index contributed by atoms with van der Waals surface area (Å²) in [6.07, 6.45) is 3.16. The smallest absolute Gasteiger partial charge is 0.335 e. The number of nitrogens with one attached hydrogen (secondary N) is 1. The average Bonchev–Trinajstić information content (AvgIpc) is 3.20. The number of amides is 4. The minimum absolute atomic E-state index is 0.0417. The van der Waals surface area contributed by atoms with Gasteiger partial charge in [-0.05, 0) is 83.1 Å². The Bertz CT molecular complexity index is 2240. The molecule has 0 bridgehead atoms. The van der Waals surface area contributed by atoms with Crippen LogP contribution in [0.5, 0.6) is 11.5 Å². The third-order valence-electron chi connectivity index (χ3n) is 10.4. The van der Waals surface area contributed by atoms with Gasteiger partial charge >= 0.3 is 6.03 Å². The summed E-state index contributed by atoms with van der Waals surface area (Å²) < 4.78 is 11.5. The van der Waals surface area contributed by atoms with Crippen molar-refractivity contribution in [3.05, 3.63) is 164 Å². The number of carbonyl (C=O) groups excluding carboxylic acids is 3. The van der Waals surface area contributed by atoms with E-state index in [0.29, 0.717) is 28.3 Å². The monoisotopic (exact) mass is 720 g/mol. The lowest BCUT2D eigenvalue weighted by atomic mass is 9.76. The molecule has 11 nitrogen and oxygen atoms in total. The first-order chi connectivity index (χ1) is 26.3. The molecule has 1 fully saturated rings. The Morgan fingerprint density at radius 3 is 2.00 bits per heavy atom. The van der Waals surface area contributed by atoms with E-state index < -0.39 is 22.8 Å². The number of methoxy groups -OCH3 is 1. The summed E-state index contributed by atoms with van der Waals surface area (Å²) in [6.45, 7) is 1.83. The highest BCUT2D eigenvalue weighted by molar-refractivity contribution is 6.39. The maximum atomic E-state index is 14.4. The number of rotatable bonds is 9. The van der Waals surface area contributed by atoms with Crippen molar-refractivity contribution >= 4 is 41.0 Å². The van der Waals surface area contributed by atoms with Gasteiger partial charge in [-0.1, -0.05) is 60.7 Å². The second-order valence-corrected chi connectivity index (χ2v) is 13.5. The Morgan fingerprint density at radius 2 is 1.43 bits per heavy atom. The first-order valence-corrected chi connectivity index (χ1v) is 17.8. The Morgan fingerprint density at radius 1 is 0.815 bits per heavy atom. The lowest BCUT2D eigenvalue weighted by molar-refractivity contribution is -0.384. The van der Waals surface area contributed by atoms with Gasteiger partial charge in [-0.2, -0.15) is 0 Å². The minimum Gasteiger partial charge on any atom is -0.497 e. The number of nitrogens with zero attached hydrogens (tertiary/aromatic N) is 3. The molecule has 54 heavy (non-hydrogen) atoms. The highest BCUT2D eigenvalue weighted by atomic mass is 16.6. The third-order valence-corrected chi connectivity index (χ3v) is 10.4. The van der Waals surface area contributed by atoms with Gasteiger partial charge < -0.3 is 14.4 Å². The second-order valence-electron chi connectivity index (χ2n) is 13.5. The van der Waals surface area contributed by atoms with Crippen LogP contribution in [-0.2, 0) is 16.2 Å². The molecule has 0 spiro atoms. The van der Waals surface area contributed by atoms with Crippen LogP contribution in [0, 0.1) is 10.1 Å². The van der Waals surface area contributed by atoms with Crippen molar-refractivity contribution in [1.29, 1.82) is 0 Å². The molecular weight excluding hydrogens is 684 g/mol. The molecule has 3 heterocycles. The van der Waals surface area contributed by atoms with Crippen LogP contribution in [0.1, 0.15) is 58.1 Å². The van der Waals surface area contributed by atoms with E-state index in [1.807, 2.05) is 48.5 Å². The van der Waals surface area contributed by atoms with Gasteiger partial charge in [0.05, 0.1) is 17.7 Å². The van der Waals surface area contributed by atoms with Gasteiger partial charge in [0.15, 0.2) is 0 Å². The summed E-state index contributed by atoms with van der Waals surface area (Å²) in [4.78, 5) is 55.6. The van der Waals surface area contributed by atoms with Gasteiger partial charge in [-0.15, -0.1) is 0 Å². The quantitative estimate of drug-likeness (QED) is 0.0709. The van der Waals surface area contributed by atoms with E-state index in [1.165, 1.54) is 25.3 Å². The van der Waals surface area contributed by atoms with Crippen molar-refractivity contribution in [2.24, 2.45) is 0 Å². The predicted octanol–water partition coefficient (Wildman–Crippen LogP) is 7.73. The zero-order valence-corrected chi connectivity index (χ0v) is 29.4. The summed E-state index contributed by atoms with van der Waals surface area (Å²) in [6, 6.07) is 34.5. The number of ether oxygens (including phenoxy) is 2. The van der Waals surface area contributed by atoms with Gasteiger partial charge in [0, 0.05) is 54.4 Å². The van der Waals surface area contributed by atoms with E-state index >= 15 is 0 Å². The molecule has 0 unspecified atom stereocenters. The average molecular weight is 721 g/mol. The lowest BCUT2D eigenvalue weighted by Gasteiger charge is -2.44. The molecule has 11 heteroatoms. The van der Waals surface area contributed by atoms with Crippen LogP contribution in [0.2, 0.25) is 0 Å². The number of carbonyl (C=O) groups is 3. The first-order valence-electron chi connectivity index (χ1n) is 17.8. The fraction of sp³-hybridized carbons (Fsp3) is 0.186. The molecule has 270 valence electrons. The number of nitro benzene ring substituents is 1. The highest BCUT2D eigenvalue weighted by Gasteiger charge is 2.40. The zero-order chi connectivity index (χ0) is 37.3. The minimum atomic E-state index is -0.826. The van der Waals surface area contributed by atoms with Gasteiger partial charge in [0.2, 0.25) is 0 Å². The molecule has 2 atom stereocenters. The summed E-state index contributed by atoms with van der Waals surface area (Å²) in [5, 5.41) is 13.5. The number of non-ortho nitro benzene ring substituents is 1. The molecule has 0 saturated carbocycles. The lowest BCUT2D eigenvalue weighted by Crippen LogP contribution is -2.54. The number of hydrogen-bond acceptors (Lipinski definition) is 8. The maximum absolute atomic E-state index is 14.4. The molecule has 5 aromatic carbocycles. The number of imide groups is 2. The van der Waals surface area contributed by atoms with Crippen molar-refractivity contribution in [3.63, 3.8) is 0 Å². The molecular formula is C43H36N4O7. The van der Waals surface area contributed by atoms with Crippen LogP contribution in [0.4, 0.5) is 21.9 Å². The first kappa shape index (κ1) is 34.3. The van der Waals surface area contributed by atoms with E-state index in [0.717, 1.165) is 58.8 Å². The standard InChI is InChI=1S/C43H36N4O7/c1-53-33-17-14-30(39(25-33)54-26-27-12-15-31(16-13-27)47(51)52)22-38-41(48)44-43(50)46(42(38)49)32-23-36-34(28-8-4-2-5-9-28)18-20-45-21-19-35(37(24-32)40(36)45)29-10-6-3-7-11-29/h2-17,22-25,34-35H,18-21,26H2,1H3,(H,44,48,50)/b38-22+/t34-,35-/m1/s1. The van der Waals surface area contributed by atoms with E-state index in [2.05, 4.69) is 34.5 Å². The molecule has 8 rings (SSSR count). The van der Waals surface area contributed by atoms with Crippen molar-refractivity contribution < 1.29 is 28.8 Å². The van der Waals surface area contributed by atoms with Crippen molar-refractivity contribution in [3.8, 4) is 11.5 Å². The largest absolute Gasteiger partial charge is 0.497 e. The highest BCUT2D eigenvalue weighted by Crippen LogP contribution is 2.50. The van der Waals surface area contributed by atoms with Gasteiger partial charge in [0.25, 0.3) is 17.5 Å². The van der Waals surface area contributed by atoms with Crippen LogP contribution in [-0.4, -0.2) is 43.0 Å². The Labute approximate surface area is 311 Å². The van der Waals surface area contributed by atoms with E-state index in [-0.39, 0.29) is 29.7 Å². The fourth-order valence-corrected chi connectivity index (χ4v) is 7.78. The van der Waals surface area contributed by atoms with Crippen molar-refractivity contribution in [1.82, 2.24) is 5.32 Å². The summed E-state index contributed by atoms with van der Waals surface area (Å²) >= 11 is 0. The Balaban J connectivity index is 1.19. The number of barbiturate groups is 1. The third kappa shape index (κ3) is 6.44. The maximum Gasteiger partial charge on any atom is 0.335 e. The second kappa shape index (κ2) is 14.3. The molecule has 1 saturated heterocycles. The number of benzene rings is 5. The van der Waals surface area contributed by atoms with Gasteiger partial charge in [-0.25, -0.2) is 9.69 Å². The van der Waals surface area contributed by atoms with Crippen LogP contribution in [0.15, 0.2) is 121 Å². The predicted molar refractivity (Wildman–Crippen MR) is 204 cm³/mol. The Kier molecular flexibility index (Phi) is 9.12. The molecule has 0 aliphatic carbocycles. The zero-order valence-electron chi connectivity index (χ0n) is 29.4. The number of hydrogen-bond donors (Lipinski definition) is 1. The van der Waals surface area contributed by atoms with Crippen LogP contribution >= 0.6 is 0 Å². The van der Waals surface area contributed by atoms with Crippen LogP contribution in [0.25, 0.3) is 6.08 Å². The molecule has 0 radical (unpaired) electrons. The molecule has 0 aromatic heterocycles. The number of anilines is 2. The van der Waals surface area contributed by atoms with E-state index in [4.69, 9.17) is 9.47 Å². The van der Waals surface area contributed by atoms with Crippen LogP contribution < -0.4 is 24.6 Å². The van der Waals surface area contributed by atoms with Crippen LogP contribution in [0.3, 0.4) is 0 Å². The van der Waals surface area contributed by atoms with Gasteiger partial charge in [-0.3, -0.25) is 25.0 Å². The topological polar surface area (TPSA) is 131 Å². The Hall–Kier alpha value is -6.75. The summed E-state index contributed by atoms with van der Waals surface area (Å²) in [7, 11) is 1.50. The molecule has 3 aliphatic rings. The molecule has 1 N–H and O–H groups in total. The molecule has 3 aliphatic heterocycles. The number of urea groups is 1. The van der Waals surface area contributed by atoms with Crippen molar-refractivity contribution in [2.75, 3.05) is 30.0 Å². The molecule has 5 aromatic rings. The summed E-state index contributed by atoms with van der Waals surface area (Å²) in [5.74, 6) is -0.721. The van der Waals surface area contributed by atoms with E-state index in [9.17, 15) is 24.5 Å². The van der Waals surface area contributed by atoms with Crippen molar-refractivity contribution in [2.45, 2.75) is 31.3 Å². The number of nitro groups is 1. The SMILES string of the molecule is COc1ccc(/C=C2\C(=O)NC(=O)N(c3cc4c5c(c3)[C@@H](c3ccccc3)CCN5CC[C@@H]4c3ccccc3)C2=O)c(OCc2ccc([N+](=O)[O-])cc2)c1. The summed E-state index contributed by atoms with van der Waals surface area (Å²) in [5.41, 5.74) is 6.71. The fourth-order valence-electron chi connectivity index (χ4n) is 7.78. The van der Waals surface area contributed by atoms with E-state index in [1.54, 1.807) is 30.3 Å². The normalized spacial score (nSPS) is 18.6. The molecule has 4 amide bonds.